The van der Waals surface area contributed by atoms with Gasteiger partial charge in [0.05, 0.1) is 18.2 Å². The SMILES string of the molecule is O=C[C@H](CCc1ccccc1)NC(=O)Cc1cc(C(=O)O)on1. The highest BCUT2D eigenvalue weighted by atomic mass is 16.5. The smallest absolute Gasteiger partial charge is 0.374 e. The normalized spacial score (nSPS) is 11.7. The van der Waals surface area contributed by atoms with Gasteiger partial charge in [-0.05, 0) is 18.4 Å². The molecule has 2 rings (SSSR count). The first-order valence-electron chi connectivity index (χ1n) is 7.06. The molecule has 0 fully saturated rings. The molecule has 0 aliphatic heterocycles. The Morgan fingerprint density at radius 3 is 2.65 bits per heavy atom. The van der Waals surface area contributed by atoms with Crippen molar-refractivity contribution in [2.75, 3.05) is 0 Å². The molecule has 23 heavy (non-hydrogen) atoms. The molecule has 7 heteroatoms. The van der Waals surface area contributed by atoms with E-state index >= 15 is 0 Å². The number of hydrogen-bond donors (Lipinski definition) is 2. The minimum atomic E-state index is -1.25. The van der Waals surface area contributed by atoms with Gasteiger partial charge < -0.3 is 19.7 Å². The quantitative estimate of drug-likeness (QED) is 0.709. The lowest BCUT2D eigenvalue weighted by Gasteiger charge is -2.12. The van der Waals surface area contributed by atoms with E-state index in [4.69, 9.17) is 5.11 Å². The van der Waals surface area contributed by atoms with Gasteiger partial charge in [0, 0.05) is 6.07 Å². The lowest BCUT2D eigenvalue weighted by Crippen LogP contribution is -2.37. The maximum absolute atomic E-state index is 11.9. The van der Waals surface area contributed by atoms with E-state index in [1.165, 1.54) is 6.07 Å². The molecule has 0 saturated heterocycles. The van der Waals surface area contributed by atoms with Crippen LogP contribution in [0.4, 0.5) is 0 Å². The first-order chi connectivity index (χ1) is 11.1. The van der Waals surface area contributed by atoms with E-state index in [-0.39, 0.29) is 17.9 Å². The van der Waals surface area contributed by atoms with Gasteiger partial charge in [0.1, 0.15) is 6.29 Å². The molecule has 1 heterocycles. The molecule has 0 saturated carbocycles. The number of aldehydes is 1. The lowest BCUT2D eigenvalue weighted by molar-refractivity contribution is -0.123. The highest BCUT2D eigenvalue weighted by Gasteiger charge is 2.16. The van der Waals surface area contributed by atoms with Crippen molar-refractivity contribution >= 4 is 18.2 Å². The summed E-state index contributed by atoms with van der Waals surface area (Å²) < 4.78 is 4.56. The van der Waals surface area contributed by atoms with Gasteiger partial charge >= 0.3 is 5.97 Å². The van der Waals surface area contributed by atoms with Crippen LogP contribution in [0.5, 0.6) is 0 Å². The van der Waals surface area contributed by atoms with Crippen LogP contribution in [0.3, 0.4) is 0 Å². The second kappa shape index (κ2) is 7.88. The van der Waals surface area contributed by atoms with E-state index in [9.17, 15) is 14.4 Å². The predicted molar refractivity (Wildman–Crippen MR) is 79.9 cm³/mol. The van der Waals surface area contributed by atoms with Gasteiger partial charge in [-0.3, -0.25) is 4.79 Å². The first-order valence-corrected chi connectivity index (χ1v) is 7.06. The van der Waals surface area contributed by atoms with Crippen LogP contribution >= 0.6 is 0 Å². The Morgan fingerprint density at radius 2 is 2.04 bits per heavy atom. The fourth-order valence-corrected chi connectivity index (χ4v) is 2.06. The maximum Gasteiger partial charge on any atom is 0.374 e. The zero-order valence-corrected chi connectivity index (χ0v) is 12.3. The van der Waals surface area contributed by atoms with Gasteiger partial charge in [0.25, 0.3) is 0 Å². The highest BCUT2D eigenvalue weighted by molar-refractivity contribution is 5.85. The number of nitrogens with zero attached hydrogens (tertiary/aromatic N) is 1. The summed E-state index contributed by atoms with van der Waals surface area (Å²) in [7, 11) is 0. The third-order valence-corrected chi connectivity index (χ3v) is 3.21. The van der Waals surface area contributed by atoms with Crippen LogP contribution in [0.2, 0.25) is 0 Å². The van der Waals surface area contributed by atoms with Crippen molar-refractivity contribution in [3.05, 3.63) is 53.4 Å². The lowest BCUT2D eigenvalue weighted by atomic mass is 10.1. The predicted octanol–water partition coefficient (Wildman–Crippen LogP) is 1.23. The van der Waals surface area contributed by atoms with Gasteiger partial charge in [0.2, 0.25) is 11.7 Å². The van der Waals surface area contributed by atoms with Crippen LogP contribution in [0.15, 0.2) is 40.9 Å². The molecule has 2 aromatic rings. The average molecular weight is 316 g/mol. The van der Waals surface area contributed by atoms with Gasteiger partial charge in [-0.1, -0.05) is 35.5 Å². The number of hydrogen-bond acceptors (Lipinski definition) is 5. The van der Waals surface area contributed by atoms with E-state index in [1.807, 2.05) is 30.3 Å². The van der Waals surface area contributed by atoms with Gasteiger partial charge in [-0.2, -0.15) is 0 Å². The standard InChI is InChI=1S/C16H16N2O5/c19-10-12(7-6-11-4-2-1-3-5-11)17-15(20)9-13-8-14(16(21)22)23-18-13/h1-5,8,10,12H,6-7,9H2,(H,17,20)(H,21,22)/t12-/m0/s1. The van der Waals surface area contributed by atoms with Gasteiger partial charge in [0.15, 0.2) is 0 Å². The number of aromatic nitrogens is 1. The van der Waals surface area contributed by atoms with Crippen LogP contribution in [-0.4, -0.2) is 34.5 Å². The highest BCUT2D eigenvalue weighted by Crippen LogP contribution is 2.06. The molecule has 7 nitrogen and oxygen atoms in total. The molecule has 2 N–H and O–H groups in total. The summed E-state index contributed by atoms with van der Waals surface area (Å²) in [5.74, 6) is -2.00. The fraction of sp³-hybridized carbons (Fsp3) is 0.250. The van der Waals surface area contributed by atoms with Crippen LogP contribution in [-0.2, 0) is 22.4 Å². The zero-order chi connectivity index (χ0) is 16.7. The van der Waals surface area contributed by atoms with Crippen molar-refractivity contribution in [1.29, 1.82) is 0 Å². The maximum atomic E-state index is 11.9. The zero-order valence-electron chi connectivity index (χ0n) is 12.3. The number of aromatic carboxylic acids is 1. The van der Waals surface area contributed by atoms with Gasteiger partial charge in [-0.15, -0.1) is 0 Å². The van der Waals surface area contributed by atoms with Crippen molar-refractivity contribution in [2.45, 2.75) is 25.3 Å². The number of aryl methyl sites for hydroxylation is 1. The van der Waals surface area contributed by atoms with Crippen LogP contribution in [0.25, 0.3) is 0 Å². The summed E-state index contributed by atoms with van der Waals surface area (Å²) >= 11 is 0. The summed E-state index contributed by atoms with van der Waals surface area (Å²) in [4.78, 5) is 33.6. The molecular weight excluding hydrogens is 300 g/mol. The average Bonchev–Trinajstić information content (AvgIpc) is 3.01. The minimum absolute atomic E-state index is 0.146. The summed E-state index contributed by atoms with van der Waals surface area (Å²) in [6.45, 7) is 0. The Hall–Kier alpha value is -2.96. The largest absolute Gasteiger partial charge is 0.475 e. The summed E-state index contributed by atoms with van der Waals surface area (Å²) in [6.07, 6.45) is 1.69. The number of carbonyl (C=O) groups excluding carboxylic acids is 2. The summed E-state index contributed by atoms with van der Waals surface area (Å²) in [5, 5.41) is 14.8. The van der Waals surface area contributed by atoms with E-state index < -0.39 is 17.9 Å². The number of carboxylic acid groups (broad SMARTS) is 1. The van der Waals surface area contributed by atoms with Crippen molar-refractivity contribution in [1.82, 2.24) is 10.5 Å². The Kier molecular flexibility index (Phi) is 5.62. The summed E-state index contributed by atoms with van der Waals surface area (Å²) in [5.41, 5.74) is 1.28. The monoisotopic (exact) mass is 316 g/mol. The third kappa shape index (κ3) is 5.06. The summed E-state index contributed by atoms with van der Waals surface area (Å²) in [6, 6.07) is 10.2. The van der Waals surface area contributed by atoms with Crippen molar-refractivity contribution < 1.29 is 24.0 Å². The van der Waals surface area contributed by atoms with Crippen molar-refractivity contribution in [3.8, 4) is 0 Å². The van der Waals surface area contributed by atoms with Gasteiger partial charge in [-0.25, -0.2) is 4.79 Å². The molecule has 0 aliphatic rings. The molecule has 1 aromatic carbocycles. The minimum Gasteiger partial charge on any atom is -0.475 e. The van der Waals surface area contributed by atoms with E-state index in [2.05, 4.69) is 15.0 Å². The number of benzene rings is 1. The van der Waals surface area contributed by atoms with E-state index in [0.717, 1.165) is 5.56 Å². The molecule has 1 atom stereocenters. The molecule has 0 bridgehead atoms. The van der Waals surface area contributed by atoms with Crippen LogP contribution in [0.1, 0.15) is 28.2 Å². The molecule has 0 radical (unpaired) electrons. The second-order valence-corrected chi connectivity index (χ2v) is 5.00. The topological polar surface area (TPSA) is 110 Å². The van der Waals surface area contributed by atoms with Crippen LogP contribution < -0.4 is 5.32 Å². The first kappa shape index (κ1) is 16.4. The van der Waals surface area contributed by atoms with Crippen molar-refractivity contribution in [2.24, 2.45) is 0 Å². The molecule has 0 spiro atoms. The molecule has 1 amide bonds. The molecule has 1 aromatic heterocycles. The Morgan fingerprint density at radius 1 is 1.30 bits per heavy atom. The fourth-order valence-electron chi connectivity index (χ4n) is 2.06. The number of rotatable bonds is 8. The number of nitrogens with one attached hydrogen (secondary N) is 1. The van der Waals surface area contributed by atoms with E-state index in [0.29, 0.717) is 19.1 Å². The second-order valence-electron chi connectivity index (χ2n) is 5.00. The molecule has 0 unspecified atom stereocenters. The molecule has 0 aliphatic carbocycles. The number of amides is 1. The van der Waals surface area contributed by atoms with E-state index in [1.54, 1.807) is 0 Å². The van der Waals surface area contributed by atoms with Crippen molar-refractivity contribution in [3.63, 3.8) is 0 Å². The number of carbonyl (C=O) groups is 3. The van der Waals surface area contributed by atoms with Crippen LogP contribution in [0, 0.1) is 0 Å². The third-order valence-electron chi connectivity index (χ3n) is 3.21. The Bertz CT molecular complexity index is 681. The Labute approximate surface area is 132 Å². The molecular formula is C16H16N2O5. The number of carboxylic acids is 1. The molecule has 120 valence electrons. The Balaban J connectivity index is 1.84.